The standard InChI is InChI=1S/C32H35N5O2S/c1-19-10-11-20(2)28(15-19)36-22(4)17-25(23(36)5)31-30(27-9-7-8-14-33-27)35-32(40)37(31)24-12-13-26(21(3)16-24)34-29(38)18-39-6/h7-17,30-31H,18H2,1-6H3,(H,34,38)(H,35,40)/t30-,31-/m0/s1. The van der Waals surface area contributed by atoms with Gasteiger partial charge >= 0.3 is 0 Å². The van der Waals surface area contributed by atoms with Crippen LogP contribution in [0.1, 0.15) is 51.4 Å². The molecule has 2 N–H and O–H groups in total. The highest BCUT2D eigenvalue weighted by molar-refractivity contribution is 7.80. The van der Waals surface area contributed by atoms with E-state index in [4.69, 9.17) is 21.9 Å². The van der Waals surface area contributed by atoms with Gasteiger partial charge < -0.3 is 24.8 Å². The van der Waals surface area contributed by atoms with Gasteiger partial charge in [-0.3, -0.25) is 9.78 Å². The molecule has 2 aromatic carbocycles. The molecule has 8 heteroatoms. The highest BCUT2D eigenvalue weighted by Gasteiger charge is 2.42. The largest absolute Gasteiger partial charge is 0.375 e. The van der Waals surface area contributed by atoms with Gasteiger partial charge in [0.15, 0.2) is 5.11 Å². The number of nitrogens with one attached hydrogen (secondary N) is 2. The maximum atomic E-state index is 12.1. The van der Waals surface area contributed by atoms with Crippen molar-refractivity contribution in [3.63, 3.8) is 0 Å². The first-order chi connectivity index (χ1) is 19.2. The molecule has 3 heterocycles. The molecule has 0 bridgehead atoms. The number of amides is 1. The van der Waals surface area contributed by atoms with Crippen LogP contribution < -0.4 is 15.5 Å². The fourth-order valence-electron chi connectivity index (χ4n) is 5.62. The number of rotatable bonds is 7. The molecule has 4 aromatic rings. The molecule has 206 valence electrons. The molecule has 1 amide bonds. The minimum Gasteiger partial charge on any atom is -0.375 e. The number of aromatic nitrogens is 2. The van der Waals surface area contributed by atoms with Crippen molar-refractivity contribution in [1.29, 1.82) is 0 Å². The Morgan fingerprint density at radius 2 is 1.82 bits per heavy atom. The number of pyridine rings is 1. The molecule has 1 aliphatic rings. The maximum absolute atomic E-state index is 12.1. The number of thiocarbonyl (C=S) groups is 1. The normalized spacial score (nSPS) is 16.8. The molecule has 1 saturated heterocycles. The van der Waals surface area contributed by atoms with Crippen LogP contribution in [-0.4, -0.2) is 34.3 Å². The summed E-state index contributed by atoms with van der Waals surface area (Å²) < 4.78 is 7.31. The predicted molar refractivity (Wildman–Crippen MR) is 164 cm³/mol. The van der Waals surface area contributed by atoms with E-state index in [1.165, 1.54) is 29.5 Å². The van der Waals surface area contributed by atoms with Crippen molar-refractivity contribution < 1.29 is 9.53 Å². The van der Waals surface area contributed by atoms with Crippen LogP contribution in [0.3, 0.4) is 0 Å². The summed E-state index contributed by atoms with van der Waals surface area (Å²) in [5.74, 6) is -0.191. The zero-order valence-electron chi connectivity index (χ0n) is 23.8. The number of ether oxygens (including phenoxy) is 1. The van der Waals surface area contributed by atoms with Crippen LogP contribution in [0, 0.1) is 34.6 Å². The van der Waals surface area contributed by atoms with Crippen molar-refractivity contribution in [3.05, 3.63) is 106 Å². The molecule has 1 fully saturated rings. The third-order valence-corrected chi connectivity index (χ3v) is 7.84. The molecule has 2 aromatic heterocycles. The number of nitrogens with zero attached hydrogens (tertiary/aromatic N) is 3. The van der Waals surface area contributed by atoms with Crippen LogP contribution in [-0.2, 0) is 9.53 Å². The van der Waals surface area contributed by atoms with Crippen LogP contribution >= 0.6 is 12.2 Å². The van der Waals surface area contributed by atoms with E-state index in [0.717, 1.165) is 34.0 Å². The number of anilines is 2. The Balaban J connectivity index is 1.63. The average molecular weight is 554 g/mol. The topological polar surface area (TPSA) is 71.4 Å². The first kappa shape index (κ1) is 27.6. The van der Waals surface area contributed by atoms with E-state index < -0.39 is 0 Å². The second kappa shape index (κ2) is 11.2. The van der Waals surface area contributed by atoms with E-state index in [-0.39, 0.29) is 24.6 Å². The Morgan fingerprint density at radius 3 is 2.52 bits per heavy atom. The molecule has 5 rings (SSSR count). The molecule has 0 spiro atoms. The van der Waals surface area contributed by atoms with E-state index in [1.54, 1.807) is 0 Å². The molecule has 0 saturated carbocycles. The van der Waals surface area contributed by atoms with Crippen molar-refractivity contribution >= 4 is 34.6 Å². The van der Waals surface area contributed by atoms with Crippen LogP contribution in [0.5, 0.6) is 0 Å². The van der Waals surface area contributed by atoms with E-state index in [2.05, 4.69) is 78.1 Å². The van der Waals surface area contributed by atoms with Crippen LogP contribution in [0.2, 0.25) is 0 Å². The highest BCUT2D eigenvalue weighted by atomic mass is 32.1. The van der Waals surface area contributed by atoms with Gasteiger partial charge in [0.25, 0.3) is 0 Å². The minimum atomic E-state index is -0.191. The Kier molecular flexibility index (Phi) is 7.74. The molecule has 0 unspecified atom stereocenters. The number of carbonyl (C=O) groups excluding carboxylic acids is 1. The van der Waals surface area contributed by atoms with Gasteiger partial charge in [-0.05, 0) is 112 Å². The van der Waals surface area contributed by atoms with E-state index >= 15 is 0 Å². The SMILES string of the molecule is COCC(=O)Nc1ccc(N2C(=S)N[C@@H](c3ccccn3)[C@@H]2c2cc(C)n(-c3cc(C)ccc3C)c2C)cc1C. The minimum absolute atomic E-state index is 0.00514. The summed E-state index contributed by atoms with van der Waals surface area (Å²) in [5, 5.41) is 7.12. The summed E-state index contributed by atoms with van der Waals surface area (Å²) >= 11 is 5.97. The van der Waals surface area contributed by atoms with Crippen molar-refractivity contribution in [2.45, 2.75) is 46.7 Å². The van der Waals surface area contributed by atoms with Gasteiger partial charge in [0.05, 0.1) is 17.8 Å². The van der Waals surface area contributed by atoms with E-state index in [1.807, 2.05) is 43.5 Å². The van der Waals surface area contributed by atoms with Gasteiger partial charge in [0.1, 0.15) is 6.61 Å². The Morgan fingerprint density at radius 1 is 1.02 bits per heavy atom. The number of aryl methyl sites for hydroxylation is 4. The number of benzene rings is 2. The van der Waals surface area contributed by atoms with Gasteiger partial charge in [-0.25, -0.2) is 0 Å². The molecule has 7 nitrogen and oxygen atoms in total. The van der Waals surface area contributed by atoms with Crippen LogP contribution in [0.15, 0.2) is 66.9 Å². The Hall–Kier alpha value is -4.01. The third kappa shape index (κ3) is 5.12. The number of hydrogen-bond acceptors (Lipinski definition) is 4. The van der Waals surface area contributed by atoms with E-state index in [9.17, 15) is 4.79 Å². The molecular weight excluding hydrogens is 518 g/mol. The van der Waals surface area contributed by atoms with Gasteiger partial charge in [-0.1, -0.05) is 18.2 Å². The van der Waals surface area contributed by atoms with Crippen molar-refractivity contribution in [2.75, 3.05) is 23.9 Å². The fourth-order valence-corrected chi connectivity index (χ4v) is 5.97. The summed E-state index contributed by atoms with van der Waals surface area (Å²) in [4.78, 5) is 19.0. The molecule has 2 atom stereocenters. The lowest BCUT2D eigenvalue weighted by Gasteiger charge is -2.29. The predicted octanol–water partition coefficient (Wildman–Crippen LogP) is 6.18. The first-order valence-electron chi connectivity index (χ1n) is 13.4. The zero-order chi connectivity index (χ0) is 28.6. The summed E-state index contributed by atoms with van der Waals surface area (Å²) in [6.07, 6.45) is 1.82. The summed E-state index contributed by atoms with van der Waals surface area (Å²) in [6, 6.07) is 20.5. The van der Waals surface area contributed by atoms with Crippen molar-refractivity contribution in [2.24, 2.45) is 0 Å². The van der Waals surface area contributed by atoms with Gasteiger partial charge in [0, 0.05) is 41.8 Å². The highest BCUT2D eigenvalue weighted by Crippen LogP contribution is 2.44. The number of methoxy groups -OCH3 is 1. The molecular formula is C32H35N5O2S. The number of carbonyl (C=O) groups is 1. The summed E-state index contributed by atoms with van der Waals surface area (Å²) in [7, 11) is 1.51. The van der Waals surface area contributed by atoms with Crippen molar-refractivity contribution in [3.8, 4) is 5.69 Å². The van der Waals surface area contributed by atoms with Crippen molar-refractivity contribution in [1.82, 2.24) is 14.9 Å². The van der Waals surface area contributed by atoms with Crippen LogP contribution in [0.25, 0.3) is 5.69 Å². The van der Waals surface area contributed by atoms with Gasteiger partial charge in [-0.15, -0.1) is 0 Å². The lowest BCUT2D eigenvalue weighted by Crippen LogP contribution is -2.29. The van der Waals surface area contributed by atoms with E-state index in [0.29, 0.717) is 5.11 Å². The lowest BCUT2D eigenvalue weighted by atomic mass is 9.96. The molecule has 0 radical (unpaired) electrons. The average Bonchev–Trinajstić information content (AvgIpc) is 3.42. The zero-order valence-corrected chi connectivity index (χ0v) is 24.6. The quantitative estimate of drug-likeness (QED) is 0.267. The van der Waals surface area contributed by atoms with Gasteiger partial charge in [-0.2, -0.15) is 0 Å². The Bertz CT molecular complexity index is 1580. The first-order valence-corrected chi connectivity index (χ1v) is 13.8. The smallest absolute Gasteiger partial charge is 0.250 e. The lowest BCUT2D eigenvalue weighted by molar-refractivity contribution is -0.119. The fraction of sp³-hybridized carbons (Fsp3) is 0.281. The molecule has 40 heavy (non-hydrogen) atoms. The van der Waals surface area contributed by atoms with Gasteiger partial charge in [0.2, 0.25) is 5.91 Å². The summed E-state index contributed by atoms with van der Waals surface area (Å²) in [5.41, 5.74) is 10.7. The second-order valence-electron chi connectivity index (χ2n) is 10.4. The number of hydrogen-bond donors (Lipinski definition) is 2. The molecule has 0 aliphatic carbocycles. The summed E-state index contributed by atoms with van der Waals surface area (Å²) in [6.45, 7) is 10.6. The Labute approximate surface area is 241 Å². The molecule has 1 aliphatic heterocycles. The second-order valence-corrected chi connectivity index (χ2v) is 10.8. The third-order valence-electron chi connectivity index (χ3n) is 7.53. The van der Waals surface area contributed by atoms with Crippen LogP contribution in [0.4, 0.5) is 11.4 Å². The monoisotopic (exact) mass is 553 g/mol. The maximum Gasteiger partial charge on any atom is 0.250 e.